The molecule has 0 amide bonds. The van der Waals surface area contributed by atoms with Crippen LogP contribution < -0.4 is 5.32 Å². The number of likely N-dealkylation sites (tertiary alicyclic amines) is 1. The number of nitrogens with one attached hydrogen (secondary N) is 1. The molecule has 4 rings (SSSR count). The third-order valence-corrected chi connectivity index (χ3v) is 6.50. The van der Waals surface area contributed by atoms with E-state index in [9.17, 15) is 0 Å². The van der Waals surface area contributed by atoms with Crippen LogP contribution in [0.1, 0.15) is 50.7 Å². The molecule has 1 saturated carbocycles. The number of hydrogen-bond donors (Lipinski definition) is 1. The van der Waals surface area contributed by atoms with E-state index in [1.165, 1.54) is 51.7 Å². The van der Waals surface area contributed by atoms with Gasteiger partial charge in [0.15, 0.2) is 0 Å². The van der Waals surface area contributed by atoms with E-state index in [1.54, 1.807) is 11.1 Å². The Morgan fingerprint density at radius 2 is 2.00 bits per heavy atom. The van der Waals surface area contributed by atoms with Crippen molar-refractivity contribution in [2.75, 3.05) is 19.6 Å². The van der Waals surface area contributed by atoms with Gasteiger partial charge in [0.2, 0.25) is 0 Å². The smallest absolute Gasteiger partial charge is 0.0174 e. The molecule has 2 atom stereocenters. The lowest BCUT2D eigenvalue weighted by Gasteiger charge is -2.34. The largest absolute Gasteiger partial charge is 0.313 e. The van der Waals surface area contributed by atoms with Crippen LogP contribution in [0.5, 0.6) is 0 Å². The maximum atomic E-state index is 3.93. The number of aryl methyl sites for hydroxylation is 1. The van der Waals surface area contributed by atoms with Gasteiger partial charge in [-0.15, -0.1) is 0 Å². The Morgan fingerprint density at radius 1 is 1.23 bits per heavy atom. The second-order valence-electron chi connectivity index (χ2n) is 8.05. The van der Waals surface area contributed by atoms with Gasteiger partial charge >= 0.3 is 0 Å². The Labute approximate surface area is 135 Å². The van der Waals surface area contributed by atoms with E-state index >= 15 is 0 Å². The van der Waals surface area contributed by atoms with Crippen molar-refractivity contribution in [2.45, 2.75) is 63.5 Å². The quantitative estimate of drug-likeness (QED) is 0.917. The van der Waals surface area contributed by atoms with Gasteiger partial charge in [-0.2, -0.15) is 0 Å². The van der Waals surface area contributed by atoms with Crippen molar-refractivity contribution in [3.8, 4) is 0 Å². The molecule has 0 unspecified atom stereocenters. The fraction of sp³-hybridized carbons (Fsp3) is 0.700. The minimum Gasteiger partial charge on any atom is -0.313 e. The molecule has 1 saturated heterocycles. The summed E-state index contributed by atoms with van der Waals surface area (Å²) in [6.45, 7) is 8.47. The number of benzene rings is 1. The predicted octanol–water partition coefficient (Wildman–Crippen LogP) is 3.35. The molecule has 1 aliphatic heterocycles. The van der Waals surface area contributed by atoms with Gasteiger partial charge in [0.05, 0.1) is 0 Å². The van der Waals surface area contributed by atoms with Gasteiger partial charge in [-0.05, 0) is 82.6 Å². The summed E-state index contributed by atoms with van der Waals surface area (Å²) in [6.07, 6.45) is 6.79. The van der Waals surface area contributed by atoms with Gasteiger partial charge in [0.25, 0.3) is 0 Å². The fourth-order valence-corrected chi connectivity index (χ4v) is 4.85. The molecular formula is C20H30N2. The molecule has 2 fully saturated rings. The van der Waals surface area contributed by atoms with Crippen LogP contribution in [0.4, 0.5) is 0 Å². The van der Waals surface area contributed by atoms with Crippen molar-refractivity contribution >= 4 is 0 Å². The van der Waals surface area contributed by atoms with Crippen molar-refractivity contribution in [3.63, 3.8) is 0 Å². The molecule has 2 nitrogen and oxygen atoms in total. The molecule has 1 spiro atoms. The topological polar surface area (TPSA) is 15.3 Å². The van der Waals surface area contributed by atoms with E-state index < -0.39 is 0 Å². The minimum absolute atomic E-state index is 0.509. The Balaban J connectivity index is 1.29. The molecule has 0 radical (unpaired) electrons. The van der Waals surface area contributed by atoms with Crippen molar-refractivity contribution in [1.29, 1.82) is 0 Å². The molecule has 1 aromatic rings. The summed E-state index contributed by atoms with van der Waals surface area (Å²) in [5.74, 6) is 0.893. The van der Waals surface area contributed by atoms with Gasteiger partial charge in [-0.25, -0.2) is 0 Å². The lowest BCUT2D eigenvalue weighted by atomic mass is 9.95. The van der Waals surface area contributed by atoms with Gasteiger partial charge < -0.3 is 10.2 Å². The Morgan fingerprint density at radius 3 is 2.77 bits per heavy atom. The molecule has 0 aromatic heterocycles. The summed E-state index contributed by atoms with van der Waals surface area (Å²) in [5, 5.41) is 3.93. The lowest BCUT2D eigenvalue weighted by molar-refractivity contribution is 0.148. The molecule has 22 heavy (non-hydrogen) atoms. The van der Waals surface area contributed by atoms with Crippen LogP contribution in [0.15, 0.2) is 24.3 Å². The summed E-state index contributed by atoms with van der Waals surface area (Å²) >= 11 is 0. The summed E-state index contributed by atoms with van der Waals surface area (Å²) in [4.78, 5) is 2.63. The molecule has 1 N–H and O–H groups in total. The molecule has 0 bridgehead atoms. The highest BCUT2D eigenvalue weighted by atomic mass is 15.2. The number of piperidine rings is 1. The maximum Gasteiger partial charge on any atom is 0.0174 e. The number of rotatable bonds is 4. The van der Waals surface area contributed by atoms with Crippen LogP contribution in [-0.2, 0) is 11.8 Å². The second kappa shape index (κ2) is 5.65. The molecule has 120 valence electrons. The van der Waals surface area contributed by atoms with Gasteiger partial charge in [-0.1, -0.05) is 24.3 Å². The zero-order valence-electron chi connectivity index (χ0n) is 14.1. The van der Waals surface area contributed by atoms with Crippen molar-refractivity contribution < 1.29 is 0 Å². The average molecular weight is 298 g/mol. The molecule has 2 heteroatoms. The Hall–Kier alpha value is -0.860. The van der Waals surface area contributed by atoms with Crippen molar-refractivity contribution in [3.05, 3.63) is 35.4 Å². The first-order chi connectivity index (χ1) is 10.7. The molecule has 3 aliphatic rings. The average Bonchev–Trinajstić information content (AvgIpc) is 3.13. The van der Waals surface area contributed by atoms with E-state index in [-0.39, 0.29) is 0 Å². The third kappa shape index (κ3) is 2.51. The minimum atomic E-state index is 0.509. The third-order valence-electron chi connectivity index (χ3n) is 6.50. The number of hydrogen-bond acceptors (Lipinski definition) is 2. The number of nitrogens with zero attached hydrogens (tertiary/aromatic N) is 1. The van der Waals surface area contributed by atoms with E-state index in [0.29, 0.717) is 5.41 Å². The van der Waals surface area contributed by atoms with E-state index in [1.807, 2.05) is 0 Å². The van der Waals surface area contributed by atoms with Crippen LogP contribution in [0.3, 0.4) is 0 Å². The first kappa shape index (κ1) is 14.7. The van der Waals surface area contributed by atoms with Crippen LogP contribution in [0.2, 0.25) is 0 Å². The van der Waals surface area contributed by atoms with Crippen LogP contribution in [0.25, 0.3) is 0 Å². The molecular weight excluding hydrogens is 268 g/mol. The summed E-state index contributed by atoms with van der Waals surface area (Å²) in [6, 6.07) is 10.6. The fourth-order valence-electron chi connectivity index (χ4n) is 4.85. The van der Waals surface area contributed by atoms with Gasteiger partial charge in [-0.3, -0.25) is 0 Å². The maximum absolute atomic E-state index is 3.93. The Bertz CT molecular complexity index is 530. The molecule has 2 aliphatic carbocycles. The first-order valence-corrected chi connectivity index (χ1v) is 9.25. The molecule has 1 aromatic carbocycles. The van der Waals surface area contributed by atoms with E-state index in [4.69, 9.17) is 0 Å². The normalized spacial score (nSPS) is 31.9. The Kier molecular flexibility index (Phi) is 3.78. The SMILES string of the molecule is CC(C)N1CCC(CN[C@@H]2C[C@@]23CCc2ccccc23)CC1. The standard InChI is InChI=1S/C20H30N2/c1-15(2)22-11-8-16(9-12-22)14-21-19-13-20(19)10-7-17-5-3-4-6-18(17)20/h3-6,15-16,19,21H,7-14H2,1-2H3/t19-,20-/m1/s1. The first-order valence-electron chi connectivity index (χ1n) is 9.25. The predicted molar refractivity (Wildman–Crippen MR) is 92.3 cm³/mol. The van der Waals surface area contributed by atoms with Gasteiger partial charge in [0.1, 0.15) is 0 Å². The van der Waals surface area contributed by atoms with Crippen LogP contribution >= 0.6 is 0 Å². The second-order valence-corrected chi connectivity index (χ2v) is 8.05. The summed E-state index contributed by atoms with van der Waals surface area (Å²) in [5.41, 5.74) is 3.77. The van der Waals surface area contributed by atoms with E-state index in [2.05, 4.69) is 48.3 Å². The number of fused-ring (bicyclic) bond motifs is 2. The van der Waals surface area contributed by atoms with Crippen molar-refractivity contribution in [2.24, 2.45) is 5.92 Å². The molecule has 1 heterocycles. The monoisotopic (exact) mass is 298 g/mol. The zero-order valence-corrected chi connectivity index (χ0v) is 14.1. The van der Waals surface area contributed by atoms with E-state index in [0.717, 1.165) is 18.0 Å². The van der Waals surface area contributed by atoms with Crippen LogP contribution in [0, 0.1) is 5.92 Å². The summed E-state index contributed by atoms with van der Waals surface area (Å²) in [7, 11) is 0. The van der Waals surface area contributed by atoms with Crippen molar-refractivity contribution in [1.82, 2.24) is 10.2 Å². The van der Waals surface area contributed by atoms with Crippen LogP contribution in [-0.4, -0.2) is 36.6 Å². The highest BCUT2D eigenvalue weighted by molar-refractivity contribution is 5.46. The zero-order chi connectivity index (χ0) is 15.2. The lowest BCUT2D eigenvalue weighted by Crippen LogP contribution is -2.41. The summed E-state index contributed by atoms with van der Waals surface area (Å²) < 4.78 is 0. The van der Waals surface area contributed by atoms with Gasteiger partial charge in [0, 0.05) is 17.5 Å². The highest BCUT2D eigenvalue weighted by Gasteiger charge is 2.57. The highest BCUT2D eigenvalue weighted by Crippen LogP contribution is 2.56.